The molecule has 2 aromatic heterocycles. The number of methoxy groups -OCH3 is 1. The summed E-state index contributed by atoms with van der Waals surface area (Å²) < 4.78 is 7.64. The van der Waals surface area contributed by atoms with Gasteiger partial charge in [0.15, 0.2) is 5.16 Å². The summed E-state index contributed by atoms with van der Waals surface area (Å²) in [6, 6.07) is 17.4. The van der Waals surface area contributed by atoms with Gasteiger partial charge in [0.05, 0.1) is 19.2 Å². The molecule has 0 saturated carbocycles. The van der Waals surface area contributed by atoms with Crippen LogP contribution in [0.15, 0.2) is 69.9 Å². The third-order valence-electron chi connectivity index (χ3n) is 4.29. The second-order valence-electron chi connectivity index (χ2n) is 6.19. The van der Waals surface area contributed by atoms with Gasteiger partial charge in [-0.3, -0.25) is 9.36 Å². The predicted molar refractivity (Wildman–Crippen MR) is 117 cm³/mol. The number of thiophene rings is 1. The van der Waals surface area contributed by atoms with Crippen LogP contribution < -0.4 is 10.3 Å². The molecule has 0 fully saturated rings. The predicted octanol–water partition coefficient (Wildman–Crippen LogP) is 5.46. The van der Waals surface area contributed by atoms with Crippen molar-refractivity contribution < 1.29 is 4.74 Å². The normalized spacial score (nSPS) is 11.1. The lowest BCUT2D eigenvalue weighted by Crippen LogP contribution is -2.23. The van der Waals surface area contributed by atoms with Gasteiger partial charge in [0, 0.05) is 10.8 Å². The summed E-state index contributed by atoms with van der Waals surface area (Å²) >= 11 is 9.06. The van der Waals surface area contributed by atoms with Crippen LogP contribution in [0.1, 0.15) is 11.1 Å². The summed E-state index contributed by atoms with van der Waals surface area (Å²) in [6.07, 6.45) is 0. The summed E-state index contributed by atoms with van der Waals surface area (Å²) in [7, 11) is 1.64. The maximum atomic E-state index is 13.1. The Balaban J connectivity index is 1.69. The van der Waals surface area contributed by atoms with Crippen molar-refractivity contribution in [1.82, 2.24) is 9.55 Å². The molecule has 0 saturated heterocycles. The molecule has 0 spiro atoms. The van der Waals surface area contributed by atoms with Crippen molar-refractivity contribution >= 4 is 44.9 Å². The number of ether oxygens (including phenoxy) is 1. The highest BCUT2D eigenvalue weighted by Gasteiger charge is 2.13. The Morgan fingerprint density at radius 2 is 1.96 bits per heavy atom. The zero-order valence-corrected chi connectivity index (χ0v) is 17.5. The molecule has 0 N–H and O–H groups in total. The SMILES string of the molecule is COc1ccc(Cn2c(SCc3cccc(Cl)c3)nc3ccsc3c2=O)cc1. The zero-order chi connectivity index (χ0) is 19.5. The van der Waals surface area contributed by atoms with E-state index in [-0.39, 0.29) is 5.56 Å². The molecule has 4 nitrogen and oxygen atoms in total. The fourth-order valence-electron chi connectivity index (χ4n) is 2.86. The summed E-state index contributed by atoms with van der Waals surface area (Å²) in [5, 5.41) is 3.31. The largest absolute Gasteiger partial charge is 0.497 e. The minimum absolute atomic E-state index is 0.00980. The lowest BCUT2D eigenvalue weighted by Gasteiger charge is -2.12. The summed E-state index contributed by atoms with van der Waals surface area (Å²) in [5.74, 6) is 1.48. The lowest BCUT2D eigenvalue weighted by molar-refractivity contribution is 0.414. The first-order chi connectivity index (χ1) is 13.6. The third kappa shape index (κ3) is 4.09. The average molecular weight is 429 g/mol. The van der Waals surface area contributed by atoms with Gasteiger partial charge in [-0.25, -0.2) is 4.98 Å². The van der Waals surface area contributed by atoms with Gasteiger partial charge in [-0.1, -0.05) is 47.6 Å². The zero-order valence-electron chi connectivity index (χ0n) is 15.1. The van der Waals surface area contributed by atoms with Crippen molar-refractivity contribution in [2.75, 3.05) is 7.11 Å². The van der Waals surface area contributed by atoms with Crippen LogP contribution >= 0.6 is 34.7 Å². The highest BCUT2D eigenvalue weighted by Crippen LogP contribution is 2.25. The van der Waals surface area contributed by atoms with Crippen molar-refractivity contribution in [3.63, 3.8) is 0 Å². The van der Waals surface area contributed by atoms with Gasteiger partial charge in [-0.15, -0.1) is 11.3 Å². The van der Waals surface area contributed by atoms with Gasteiger partial charge in [-0.05, 0) is 46.8 Å². The number of rotatable bonds is 6. The molecule has 0 aliphatic rings. The Hall–Kier alpha value is -2.28. The van der Waals surface area contributed by atoms with Crippen molar-refractivity contribution in [3.05, 3.63) is 86.5 Å². The molecule has 4 rings (SSSR count). The molecule has 4 aromatic rings. The Kier molecular flexibility index (Phi) is 5.71. The number of hydrogen-bond acceptors (Lipinski definition) is 5. The summed E-state index contributed by atoms with van der Waals surface area (Å²) in [4.78, 5) is 17.8. The second-order valence-corrected chi connectivity index (χ2v) is 8.48. The van der Waals surface area contributed by atoms with Crippen LogP contribution in [0.3, 0.4) is 0 Å². The van der Waals surface area contributed by atoms with Crippen molar-refractivity contribution in [2.24, 2.45) is 0 Å². The minimum Gasteiger partial charge on any atom is -0.497 e. The Bertz CT molecular complexity index is 1170. The van der Waals surface area contributed by atoms with Gasteiger partial charge in [0.25, 0.3) is 5.56 Å². The van der Waals surface area contributed by atoms with E-state index in [1.54, 1.807) is 23.4 Å². The topological polar surface area (TPSA) is 44.1 Å². The molecule has 0 radical (unpaired) electrons. The molecule has 7 heteroatoms. The fourth-order valence-corrected chi connectivity index (χ4v) is 4.79. The molecular weight excluding hydrogens is 412 g/mol. The average Bonchev–Trinajstić information content (AvgIpc) is 3.18. The van der Waals surface area contributed by atoms with Gasteiger partial charge >= 0.3 is 0 Å². The Morgan fingerprint density at radius 3 is 2.71 bits per heavy atom. The van der Waals surface area contributed by atoms with Gasteiger partial charge in [0.1, 0.15) is 10.4 Å². The van der Waals surface area contributed by atoms with Crippen molar-refractivity contribution in [1.29, 1.82) is 0 Å². The van der Waals surface area contributed by atoms with Gasteiger partial charge in [-0.2, -0.15) is 0 Å². The van der Waals surface area contributed by atoms with Crippen LogP contribution in [-0.2, 0) is 12.3 Å². The number of aromatic nitrogens is 2. The lowest BCUT2D eigenvalue weighted by atomic mass is 10.2. The smallest absolute Gasteiger partial charge is 0.272 e. The molecule has 142 valence electrons. The Labute approximate surface area is 175 Å². The van der Waals surface area contributed by atoms with Crippen LogP contribution in [0.5, 0.6) is 5.75 Å². The number of halogens is 1. The molecular formula is C21H17ClN2O2S2. The molecule has 2 heterocycles. The van der Waals surface area contributed by atoms with E-state index in [0.717, 1.165) is 22.4 Å². The number of thioether (sulfide) groups is 1. The second kappa shape index (κ2) is 8.39. The molecule has 0 bridgehead atoms. The number of benzene rings is 2. The first-order valence-corrected chi connectivity index (χ1v) is 10.9. The molecule has 0 atom stereocenters. The summed E-state index contributed by atoms with van der Waals surface area (Å²) in [5.41, 5.74) is 2.84. The maximum Gasteiger partial charge on any atom is 0.272 e. The standard InChI is InChI=1S/C21H17ClN2O2S2/c1-26-17-7-5-14(6-8-17)12-24-20(25)19-18(9-10-27-19)23-21(24)28-13-15-3-2-4-16(22)11-15/h2-11H,12-13H2,1H3. The molecule has 0 amide bonds. The highest BCUT2D eigenvalue weighted by atomic mass is 35.5. The van der Waals surface area contributed by atoms with E-state index >= 15 is 0 Å². The van der Waals surface area contributed by atoms with E-state index in [9.17, 15) is 4.79 Å². The van der Waals surface area contributed by atoms with Crippen LogP contribution in [0.4, 0.5) is 0 Å². The fraction of sp³-hybridized carbons (Fsp3) is 0.143. The minimum atomic E-state index is -0.00980. The van der Waals surface area contributed by atoms with Crippen molar-refractivity contribution in [3.8, 4) is 5.75 Å². The molecule has 28 heavy (non-hydrogen) atoms. The Morgan fingerprint density at radius 1 is 1.14 bits per heavy atom. The van der Waals surface area contributed by atoms with Crippen molar-refractivity contribution in [2.45, 2.75) is 17.5 Å². The highest BCUT2D eigenvalue weighted by molar-refractivity contribution is 7.98. The monoisotopic (exact) mass is 428 g/mol. The maximum absolute atomic E-state index is 13.1. The molecule has 0 aliphatic carbocycles. The van der Waals surface area contributed by atoms with Crippen LogP contribution in [0.2, 0.25) is 5.02 Å². The van der Waals surface area contributed by atoms with E-state index in [1.165, 1.54) is 11.3 Å². The van der Waals surface area contributed by atoms with Crippen LogP contribution in [-0.4, -0.2) is 16.7 Å². The number of hydrogen-bond donors (Lipinski definition) is 0. The van der Waals surface area contributed by atoms with Gasteiger partial charge in [0.2, 0.25) is 0 Å². The number of fused-ring (bicyclic) bond motifs is 1. The molecule has 0 aliphatic heterocycles. The van der Waals surface area contributed by atoms with Gasteiger partial charge < -0.3 is 4.74 Å². The third-order valence-corrected chi connectivity index (χ3v) is 6.46. The quantitative estimate of drug-likeness (QED) is 0.302. The first kappa shape index (κ1) is 19.1. The van der Waals surface area contributed by atoms with Crippen LogP contribution in [0, 0.1) is 0 Å². The first-order valence-electron chi connectivity index (χ1n) is 8.62. The number of nitrogens with zero attached hydrogens (tertiary/aromatic N) is 2. The van der Waals surface area contributed by atoms with E-state index in [1.807, 2.05) is 60.0 Å². The van der Waals surface area contributed by atoms with E-state index in [4.69, 9.17) is 21.3 Å². The van der Waals surface area contributed by atoms with Crippen LogP contribution in [0.25, 0.3) is 10.2 Å². The van der Waals surface area contributed by atoms with E-state index < -0.39 is 0 Å². The molecule has 0 unspecified atom stereocenters. The molecule has 2 aromatic carbocycles. The van der Waals surface area contributed by atoms with E-state index in [2.05, 4.69) is 0 Å². The summed E-state index contributed by atoms with van der Waals surface area (Å²) in [6.45, 7) is 0.460. The van der Waals surface area contributed by atoms with E-state index in [0.29, 0.717) is 27.2 Å².